The molecule has 1 unspecified atom stereocenters. The molecule has 0 spiro atoms. The first-order valence-electron chi connectivity index (χ1n) is 10.9. The predicted octanol–water partition coefficient (Wildman–Crippen LogP) is 2.53. The van der Waals surface area contributed by atoms with E-state index in [-0.39, 0.29) is 35.5 Å². The van der Waals surface area contributed by atoms with Crippen molar-refractivity contribution < 1.29 is 23.1 Å². The molecule has 34 heavy (non-hydrogen) atoms. The van der Waals surface area contributed by atoms with Crippen LogP contribution in [-0.4, -0.2) is 49.4 Å². The lowest BCUT2D eigenvalue weighted by Crippen LogP contribution is -2.40. The molecule has 1 saturated carbocycles. The molecule has 0 bridgehead atoms. The molecule has 0 saturated heterocycles. The van der Waals surface area contributed by atoms with E-state index in [0.717, 1.165) is 25.0 Å². The van der Waals surface area contributed by atoms with Crippen molar-refractivity contribution in [1.29, 1.82) is 0 Å². The van der Waals surface area contributed by atoms with Crippen LogP contribution in [-0.2, 0) is 18.0 Å². The van der Waals surface area contributed by atoms with E-state index in [1.54, 1.807) is 7.05 Å². The van der Waals surface area contributed by atoms with Crippen LogP contribution in [0.25, 0.3) is 11.0 Å². The van der Waals surface area contributed by atoms with Gasteiger partial charge in [0.25, 0.3) is 5.56 Å². The minimum Gasteiger partial charge on any atom is -0.393 e. The Hall–Kier alpha value is -3.25. The van der Waals surface area contributed by atoms with Crippen LogP contribution in [0, 0.1) is 0 Å². The molecule has 12 heteroatoms. The number of aliphatic hydroxyl groups excluding tert-OH is 1. The second kappa shape index (κ2) is 9.55. The third-order valence-electron chi connectivity index (χ3n) is 6.07. The number of carbonyl (C=O) groups is 1. The van der Waals surface area contributed by atoms with E-state index in [1.165, 1.54) is 27.7 Å². The summed E-state index contributed by atoms with van der Waals surface area (Å²) in [5.41, 5.74) is -0.486. The fraction of sp³-hybridized carbons (Fsp3) is 0.455. The highest BCUT2D eigenvalue weighted by Crippen LogP contribution is 2.31. The number of hydrogen-bond acceptors (Lipinski definition) is 7. The Morgan fingerprint density at radius 2 is 1.88 bits per heavy atom. The molecule has 3 N–H and O–H groups in total. The van der Waals surface area contributed by atoms with Crippen LogP contribution in [0.1, 0.15) is 37.3 Å². The summed E-state index contributed by atoms with van der Waals surface area (Å²) in [4.78, 5) is 29.2. The van der Waals surface area contributed by atoms with Crippen molar-refractivity contribution in [2.75, 3.05) is 11.9 Å². The summed E-state index contributed by atoms with van der Waals surface area (Å²) in [6, 6.07) is 3.81. The van der Waals surface area contributed by atoms with E-state index in [4.69, 9.17) is 0 Å². The molecule has 1 fully saturated rings. The highest BCUT2D eigenvalue weighted by molar-refractivity contribution is 5.87. The van der Waals surface area contributed by atoms with Crippen LogP contribution in [0.2, 0.25) is 0 Å². The number of aldehydes is 1. The highest BCUT2D eigenvalue weighted by atomic mass is 19.4. The molecule has 3 aromatic rings. The van der Waals surface area contributed by atoms with Gasteiger partial charge in [-0.3, -0.25) is 14.0 Å². The topological polar surface area (TPSA) is 114 Å². The van der Waals surface area contributed by atoms with Crippen LogP contribution >= 0.6 is 0 Å². The number of aromatic nitrogens is 4. The SMILES string of the molecule is Cn1nc(Nc2ccc(C(F)(F)F)cc2)c2ncn(C(C=O)CN[C@H]3CC[C@H](O)CC3)c(=O)c21. The molecule has 9 nitrogen and oxygen atoms in total. The van der Waals surface area contributed by atoms with Gasteiger partial charge in [-0.2, -0.15) is 18.3 Å². The van der Waals surface area contributed by atoms with Crippen molar-refractivity contribution in [3.8, 4) is 0 Å². The molecule has 1 atom stereocenters. The van der Waals surface area contributed by atoms with Crippen LogP contribution in [0.5, 0.6) is 0 Å². The fourth-order valence-electron chi connectivity index (χ4n) is 4.15. The maximum atomic E-state index is 13.2. The van der Waals surface area contributed by atoms with Gasteiger partial charge < -0.3 is 20.5 Å². The number of carbonyl (C=O) groups excluding carboxylic acids is 1. The summed E-state index contributed by atoms with van der Waals surface area (Å²) in [6.07, 6.45) is 0.197. The third kappa shape index (κ3) is 4.97. The number of anilines is 2. The second-order valence-corrected chi connectivity index (χ2v) is 8.44. The van der Waals surface area contributed by atoms with Crippen LogP contribution in [0.4, 0.5) is 24.7 Å². The normalized spacial score (nSPS) is 19.8. The van der Waals surface area contributed by atoms with Crippen molar-refractivity contribution in [3.05, 3.63) is 46.5 Å². The summed E-state index contributed by atoms with van der Waals surface area (Å²) in [5.74, 6) is 0.211. The van der Waals surface area contributed by atoms with Gasteiger partial charge in [0.15, 0.2) is 11.3 Å². The largest absolute Gasteiger partial charge is 0.416 e. The van der Waals surface area contributed by atoms with E-state index >= 15 is 0 Å². The summed E-state index contributed by atoms with van der Waals surface area (Å²) in [5, 5.41) is 20.1. The summed E-state index contributed by atoms with van der Waals surface area (Å²) >= 11 is 0. The molecule has 2 aromatic heterocycles. The number of rotatable bonds is 7. The maximum absolute atomic E-state index is 13.2. The Morgan fingerprint density at radius 3 is 2.50 bits per heavy atom. The molecule has 1 aliphatic carbocycles. The minimum absolute atomic E-state index is 0.157. The minimum atomic E-state index is -4.44. The molecule has 4 rings (SSSR count). The van der Waals surface area contributed by atoms with Gasteiger partial charge in [-0.05, 0) is 49.9 Å². The summed E-state index contributed by atoms with van der Waals surface area (Å²) in [7, 11) is 1.55. The number of benzene rings is 1. The lowest BCUT2D eigenvalue weighted by Gasteiger charge is -2.27. The Labute approximate surface area is 192 Å². The standard InChI is InChI=1S/C22H25F3N6O3/c1-30-19-18(20(29-30)28-15-4-2-13(3-5-15)22(23,24)25)27-12-31(21(19)34)16(11-32)10-26-14-6-8-17(33)9-7-14/h2-5,11-12,14,16-17,26,33H,6-10H2,1H3,(H,28,29)/t14-,16?,17-. The first-order valence-corrected chi connectivity index (χ1v) is 10.9. The maximum Gasteiger partial charge on any atom is 0.416 e. The van der Waals surface area contributed by atoms with E-state index in [9.17, 15) is 27.9 Å². The second-order valence-electron chi connectivity index (χ2n) is 8.44. The smallest absolute Gasteiger partial charge is 0.393 e. The van der Waals surface area contributed by atoms with Crippen molar-refractivity contribution in [1.82, 2.24) is 24.6 Å². The number of nitrogens with one attached hydrogen (secondary N) is 2. The Balaban J connectivity index is 1.55. The van der Waals surface area contributed by atoms with Crippen LogP contribution in [0.3, 0.4) is 0 Å². The molecule has 182 valence electrons. The number of fused-ring (bicyclic) bond motifs is 1. The Bertz CT molecular complexity index is 1210. The fourth-order valence-corrected chi connectivity index (χ4v) is 4.15. The molecular formula is C22H25F3N6O3. The van der Waals surface area contributed by atoms with Crippen molar-refractivity contribution in [2.24, 2.45) is 7.05 Å². The van der Waals surface area contributed by atoms with Gasteiger partial charge in [0.05, 0.1) is 18.0 Å². The van der Waals surface area contributed by atoms with Gasteiger partial charge in [-0.15, -0.1) is 0 Å². The zero-order valence-electron chi connectivity index (χ0n) is 18.4. The van der Waals surface area contributed by atoms with E-state index in [2.05, 4.69) is 20.7 Å². The van der Waals surface area contributed by atoms with Crippen LogP contribution < -0.4 is 16.2 Å². The molecule has 1 aromatic carbocycles. The third-order valence-corrected chi connectivity index (χ3v) is 6.07. The van der Waals surface area contributed by atoms with Gasteiger partial charge in [0.2, 0.25) is 0 Å². The van der Waals surface area contributed by atoms with Gasteiger partial charge in [0, 0.05) is 25.3 Å². The average molecular weight is 478 g/mol. The van der Waals surface area contributed by atoms with Crippen molar-refractivity contribution >= 4 is 28.8 Å². The Kier molecular flexibility index (Phi) is 6.71. The molecule has 1 aliphatic rings. The predicted molar refractivity (Wildman–Crippen MR) is 119 cm³/mol. The van der Waals surface area contributed by atoms with Gasteiger partial charge in [-0.25, -0.2) is 4.98 Å². The lowest BCUT2D eigenvalue weighted by molar-refractivity contribution is -0.137. The average Bonchev–Trinajstić information content (AvgIpc) is 3.12. The van der Waals surface area contributed by atoms with E-state index in [0.29, 0.717) is 24.8 Å². The molecule has 0 radical (unpaired) electrons. The first kappa shape index (κ1) is 23.9. The zero-order chi connectivity index (χ0) is 24.5. The Morgan fingerprint density at radius 1 is 1.21 bits per heavy atom. The van der Waals surface area contributed by atoms with E-state index in [1.807, 2.05) is 0 Å². The number of hydrogen-bond donors (Lipinski definition) is 3. The van der Waals surface area contributed by atoms with Crippen molar-refractivity contribution in [3.63, 3.8) is 0 Å². The number of aliphatic hydroxyl groups is 1. The zero-order valence-corrected chi connectivity index (χ0v) is 18.4. The monoisotopic (exact) mass is 478 g/mol. The van der Waals surface area contributed by atoms with Gasteiger partial charge in [-0.1, -0.05) is 0 Å². The molecule has 0 aliphatic heterocycles. The molecule has 0 amide bonds. The number of nitrogens with zero attached hydrogens (tertiary/aromatic N) is 4. The number of alkyl halides is 3. The summed E-state index contributed by atoms with van der Waals surface area (Å²) < 4.78 is 40.9. The van der Waals surface area contributed by atoms with Crippen LogP contribution in [0.15, 0.2) is 35.4 Å². The van der Waals surface area contributed by atoms with Gasteiger partial charge >= 0.3 is 6.18 Å². The van der Waals surface area contributed by atoms with E-state index < -0.39 is 23.3 Å². The number of aryl methyl sites for hydroxylation is 1. The highest BCUT2D eigenvalue weighted by Gasteiger charge is 2.30. The molecular weight excluding hydrogens is 453 g/mol. The summed E-state index contributed by atoms with van der Waals surface area (Å²) in [6.45, 7) is 0.242. The van der Waals surface area contributed by atoms with Crippen molar-refractivity contribution in [2.45, 2.75) is 50.0 Å². The number of halogens is 3. The lowest BCUT2D eigenvalue weighted by atomic mass is 9.93. The first-order chi connectivity index (χ1) is 16.2. The molecule has 2 heterocycles. The quantitative estimate of drug-likeness (QED) is 0.447. The van der Waals surface area contributed by atoms with Gasteiger partial charge in [0.1, 0.15) is 17.8 Å².